The molecule has 3 N–H and O–H groups in total. The summed E-state index contributed by atoms with van der Waals surface area (Å²) in [7, 11) is 0. The zero-order chi connectivity index (χ0) is 12.7. The van der Waals surface area contributed by atoms with Gasteiger partial charge >= 0.3 is 0 Å². The molecular formula is C13H23N3O. The molecule has 4 nitrogen and oxygen atoms in total. The summed E-state index contributed by atoms with van der Waals surface area (Å²) >= 11 is 0. The van der Waals surface area contributed by atoms with Gasteiger partial charge in [0.25, 0.3) is 0 Å². The van der Waals surface area contributed by atoms with E-state index in [1.165, 1.54) is 0 Å². The van der Waals surface area contributed by atoms with Gasteiger partial charge in [-0.05, 0) is 31.0 Å². The number of hydrogen-bond donors (Lipinski definition) is 2. The maximum absolute atomic E-state index is 9.08. The number of nitrogens with two attached hydrogens (primary N) is 1. The second-order valence-electron chi connectivity index (χ2n) is 4.30. The average molecular weight is 237 g/mol. The van der Waals surface area contributed by atoms with E-state index < -0.39 is 0 Å². The Bertz CT molecular complexity index is 328. The number of nitrogens with zero attached hydrogens (tertiary/aromatic N) is 2. The van der Waals surface area contributed by atoms with Gasteiger partial charge in [-0.15, -0.1) is 0 Å². The van der Waals surface area contributed by atoms with E-state index in [-0.39, 0.29) is 12.6 Å². The Morgan fingerprint density at radius 2 is 2.24 bits per heavy atom. The molecule has 0 radical (unpaired) electrons. The number of unbranched alkanes of at least 4 members (excludes halogenated alkanes) is 1. The molecule has 0 aromatic carbocycles. The minimum atomic E-state index is 0.0129. The Kier molecular flexibility index (Phi) is 5.94. The van der Waals surface area contributed by atoms with Crippen LogP contribution in [-0.2, 0) is 0 Å². The second kappa shape index (κ2) is 7.25. The Labute approximate surface area is 103 Å². The van der Waals surface area contributed by atoms with Crippen LogP contribution in [0.4, 0.5) is 5.82 Å². The van der Waals surface area contributed by atoms with Crippen molar-refractivity contribution in [2.45, 2.75) is 32.7 Å². The fourth-order valence-electron chi connectivity index (χ4n) is 1.70. The van der Waals surface area contributed by atoms with E-state index in [0.717, 1.165) is 30.8 Å². The van der Waals surface area contributed by atoms with Gasteiger partial charge in [-0.25, -0.2) is 4.98 Å². The maximum Gasteiger partial charge on any atom is 0.128 e. The first-order valence-corrected chi connectivity index (χ1v) is 6.26. The lowest BCUT2D eigenvalue weighted by Crippen LogP contribution is -2.28. The van der Waals surface area contributed by atoms with Crippen LogP contribution < -0.4 is 10.6 Å². The first-order valence-electron chi connectivity index (χ1n) is 6.26. The van der Waals surface area contributed by atoms with E-state index in [9.17, 15) is 0 Å². The van der Waals surface area contributed by atoms with Crippen LogP contribution in [0.5, 0.6) is 0 Å². The highest BCUT2D eigenvalue weighted by atomic mass is 16.3. The number of aliphatic hydroxyl groups excluding tert-OH is 1. The van der Waals surface area contributed by atoms with Crippen molar-refractivity contribution in [1.82, 2.24) is 4.98 Å². The second-order valence-corrected chi connectivity index (χ2v) is 4.30. The predicted octanol–water partition coefficient (Wildman–Crippen LogP) is 1.70. The van der Waals surface area contributed by atoms with Gasteiger partial charge in [-0.2, -0.15) is 0 Å². The highest BCUT2D eigenvalue weighted by Crippen LogP contribution is 2.17. The number of anilines is 1. The summed E-state index contributed by atoms with van der Waals surface area (Å²) < 4.78 is 0. The van der Waals surface area contributed by atoms with Crippen LogP contribution in [0.3, 0.4) is 0 Å². The van der Waals surface area contributed by atoms with Crippen molar-refractivity contribution in [3.63, 3.8) is 0 Å². The molecule has 1 heterocycles. The van der Waals surface area contributed by atoms with Gasteiger partial charge in [0.1, 0.15) is 5.82 Å². The van der Waals surface area contributed by atoms with E-state index in [4.69, 9.17) is 10.8 Å². The molecule has 1 aromatic heterocycles. The molecular weight excluding hydrogens is 214 g/mol. The van der Waals surface area contributed by atoms with Gasteiger partial charge in [-0.3, -0.25) is 0 Å². The Morgan fingerprint density at radius 1 is 1.47 bits per heavy atom. The molecule has 0 saturated carbocycles. The van der Waals surface area contributed by atoms with Gasteiger partial charge in [0.05, 0.1) is 6.61 Å². The summed E-state index contributed by atoms with van der Waals surface area (Å²) in [5.41, 5.74) is 6.94. The van der Waals surface area contributed by atoms with Gasteiger partial charge in [0, 0.05) is 25.3 Å². The maximum atomic E-state index is 9.08. The van der Waals surface area contributed by atoms with Crippen molar-refractivity contribution in [1.29, 1.82) is 0 Å². The summed E-state index contributed by atoms with van der Waals surface area (Å²) in [5.74, 6) is 0.905. The van der Waals surface area contributed by atoms with Crippen molar-refractivity contribution < 1.29 is 5.11 Å². The lowest BCUT2D eigenvalue weighted by atomic mass is 10.1. The molecule has 0 unspecified atom stereocenters. The Morgan fingerprint density at radius 3 is 2.82 bits per heavy atom. The molecule has 1 rings (SSSR count). The minimum Gasteiger partial charge on any atom is -0.395 e. The van der Waals surface area contributed by atoms with Crippen molar-refractivity contribution in [2.24, 2.45) is 5.73 Å². The van der Waals surface area contributed by atoms with E-state index in [1.54, 1.807) is 6.20 Å². The quantitative estimate of drug-likeness (QED) is 0.757. The molecule has 0 saturated heterocycles. The highest BCUT2D eigenvalue weighted by molar-refractivity contribution is 5.41. The van der Waals surface area contributed by atoms with Crippen molar-refractivity contribution >= 4 is 5.82 Å². The molecule has 0 aliphatic carbocycles. The third kappa shape index (κ3) is 4.32. The predicted molar refractivity (Wildman–Crippen MR) is 71.0 cm³/mol. The monoisotopic (exact) mass is 237 g/mol. The standard InChI is InChI=1S/C13H23N3O/c1-3-4-7-16(8-9-17)13-10-12(11(2)14)5-6-15-13/h5-6,10-11,17H,3-4,7-9,14H2,1-2H3/t11-/m0/s1. The van der Waals surface area contributed by atoms with Crippen LogP contribution in [0.1, 0.15) is 38.3 Å². The third-order valence-corrected chi connectivity index (χ3v) is 2.77. The molecule has 1 atom stereocenters. The first kappa shape index (κ1) is 13.9. The summed E-state index contributed by atoms with van der Waals surface area (Å²) in [4.78, 5) is 6.46. The lowest BCUT2D eigenvalue weighted by Gasteiger charge is -2.23. The summed E-state index contributed by atoms with van der Waals surface area (Å²) in [5, 5.41) is 9.08. The van der Waals surface area contributed by atoms with Crippen LogP contribution in [0.25, 0.3) is 0 Å². The van der Waals surface area contributed by atoms with Crippen LogP contribution in [0.2, 0.25) is 0 Å². The van der Waals surface area contributed by atoms with Gasteiger partial charge < -0.3 is 15.7 Å². The summed E-state index contributed by atoms with van der Waals surface area (Å²) in [6, 6.07) is 3.96. The van der Waals surface area contributed by atoms with Crippen LogP contribution in [0.15, 0.2) is 18.3 Å². The first-order chi connectivity index (χ1) is 8.19. The zero-order valence-electron chi connectivity index (χ0n) is 10.8. The van der Waals surface area contributed by atoms with E-state index in [2.05, 4.69) is 16.8 Å². The van der Waals surface area contributed by atoms with Crippen molar-refractivity contribution in [3.8, 4) is 0 Å². The summed E-state index contributed by atoms with van der Waals surface area (Å²) in [6.45, 7) is 5.81. The van der Waals surface area contributed by atoms with E-state index in [0.29, 0.717) is 6.54 Å². The Hall–Kier alpha value is -1.13. The number of hydrogen-bond acceptors (Lipinski definition) is 4. The molecule has 1 aromatic rings. The van der Waals surface area contributed by atoms with Crippen LogP contribution in [-0.4, -0.2) is 29.8 Å². The molecule has 4 heteroatoms. The van der Waals surface area contributed by atoms with Gasteiger partial charge in [0.15, 0.2) is 0 Å². The molecule has 0 spiro atoms. The fraction of sp³-hybridized carbons (Fsp3) is 0.615. The number of aromatic nitrogens is 1. The highest BCUT2D eigenvalue weighted by Gasteiger charge is 2.08. The summed E-state index contributed by atoms with van der Waals surface area (Å²) in [6.07, 6.45) is 4.02. The normalized spacial score (nSPS) is 12.5. The molecule has 0 amide bonds. The molecule has 0 bridgehead atoms. The topological polar surface area (TPSA) is 62.4 Å². The fourth-order valence-corrected chi connectivity index (χ4v) is 1.70. The molecule has 0 aliphatic heterocycles. The molecule has 17 heavy (non-hydrogen) atoms. The van der Waals surface area contributed by atoms with Gasteiger partial charge in [0.2, 0.25) is 0 Å². The molecule has 0 aliphatic rings. The number of pyridine rings is 1. The molecule has 96 valence electrons. The average Bonchev–Trinajstić information content (AvgIpc) is 2.34. The largest absolute Gasteiger partial charge is 0.395 e. The number of rotatable bonds is 7. The zero-order valence-corrected chi connectivity index (χ0v) is 10.8. The van der Waals surface area contributed by atoms with Crippen molar-refractivity contribution in [2.75, 3.05) is 24.6 Å². The molecule has 0 fully saturated rings. The van der Waals surface area contributed by atoms with Crippen LogP contribution in [0, 0.1) is 0 Å². The number of aliphatic hydroxyl groups is 1. The van der Waals surface area contributed by atoms with Crippen LogP contribution >= 0.6 is 0 Å². The minimum absolute atomic E-state index is 0.0129. The van der Waals surface area contributed by atoms with E-state index in [1.807, 2.05) is 19.1 Å². The Balaban J connectivity index is 2.81. The van der Waals surface area contributed by atoms with Gasteiger partial charge in [-0.1, -0.05) is 13.3 Å². The third-order valence-electron chi connectivity index (χ3n) is 2.77. The lowest BCUT2D eigenvalue weighted by molar-refractivity contribution is 0.301. The smallest absolute Gasteiger partial charge is 0.128 e. The van der Waals surface area contributed by atoms with E-state index >= 15 is 0 Å². The van der Waals surface area contributed by atoms with Crippen molar-refractivity contribution in [3.05, 3.63) is 23.9 Å². The SMILES string of the molecule is CCCCN(CCO)c1cc([C@H](C)N)ccn1.